The summed E-state index contributed by atoms with van der Waals surface area (Å²) in [5.74, 6) is -1.17. The highest BCUT2D eigenvalue weighted by atomic mass is 35.5. The Labute approximate surface area is 173 Å². The molecule has 0 aliphatic heterocycles. The van der Waals surface area contributed by atoms with E-state index in [0.29, 0.717) is 5.69 Å². The van der Waals surface area contributed by atoms with Crippen molar-refractivity contribution in [3.05, 3.63) is 58.1 Å². The number of esters is 1. The molecular formula is C18H18Cl2N2O5S. The third-order valence-corrected chi connectivity index (χ3v) is 5.42. The number of methoxy groups -OCH3 is 1. The Bertz CT molecular complexity index is 991. The van der Waals surface area contributed by atoms with Crippen LogP contribution in [0.4, 0.5) is 11.4 Å². The molecule has 7 nitrogen and oxygen atoms in total. The van der Waals surface area contributed by atoms with Crippen LogP contribution in [0.1, 0.15) is 17.3 Å². The number of hydrogen-bond donors (Lipinski definition) is 1. The second kappa shape index (κ2) is 8.81. The first kappa shape index (κ1) is 22.0. The Hall–Kier alpha value is -2.29. The van der Waals surface area contributed by atoms with Gasteiger partial charge in [-0.25, -0.2) is 13.2 Å². The van der Waals surface area contributed by atoms with E-state index in [1.165, 1.54) is 44.4 Å². The number of hydrogen-bond acceptors (Lipinski definition) is 5. The van der Waals surface area contributed by atoms with E-state index < -0.39 is 27.9 Å². The van der Waals surface area contributed by atoms with Crippen LogP contribution in [0.3, 0.4) is 0 Å². The molecule has 1 N–H and O–H groups in total. The molecule has 2 aromatic carbocycles. The minimum atomic E-state index is -3.83. The van der Waals surface area contributed by atoms with Crippen molar-refractivity contribution in [3.8, 4) is 0 Å². The van der Waals surface area contributed by atoms with Gasteiger partial charge in [-0.15, -0.1) is 0 Å². The normalized spacial score (nSPS) is 12.2. The van der Waals surface area contributed by atoms with Crippen LogP contribution < -0.4 is 9.62 Å². The van der Waals surface area contributed by atoms with Crippen molar-refractivity contribution < 1.29 is 22.7 Å². The molecule has 0 aliphatic rings. The van der Waals surface area contributed by atoms with Crippen molar-refractivity contribution in [1.29, 1.82) is 0 Å². The van der Waals surface area contributed by atoms with Gasteiger partial charge in [-0.2, -0.15) is 0 Å². The van der Waals surface area contributed by atoms with Crippen molar-refractivity contribution in [1.82, 2.24) is 0 Å². The summed E-state index contributed by atoms with van der Waals surface area (Å²) in [5.41, 5.74) is 0.720. The molecule has 28 heavy (non-hydrogen) atoms. The fourth-order valence-electron chi connectivity index (χ4n) is 2.56. The number of nitrogens with one attached hydrogen (secondary N) is 1. The second-order valence-electron chi connectivity index (χ2n) is 5.92. The average Bonchev–Trinajstić information content (AvgIpc) is 2.59. The van der Waals surface area contributed by atoms with Crippen LogP contribution in [0, 0.1) is 0 Å². The average molecular weight is 445 g/mol. The lowest BCUT2D eigenvalue weighted by atomic mass is 10.2. The number of anilines is 2. The Morgan fingerprint density at radius 2 is 1.71 bits per heavy atom. The van der Waals surface area contributed by atoms with Crippen LogP contribution >= 0.6 is 23.2 Å². The van der Waals surface area contributed by atoms with Gasteiger partial charge in [0.25, 0.3) is 0 Å². The number of amides is 1. The van der Waals surface area contributed by atoms with Crippen LogP contribution in [0.15, 0.2) is 42.5 Å². The largest absolute Gasteiger partial charge is 0.465 e. The highest BCUT2D eigenvalue weighted by molar-refractivity contribution is 7.92. The SMILES string of the molecule is COC(=O)c1cccc(NC(=O)[C@H](C)N(c2cc(Cl)cc(Cl)c2)S(C)(=O)=O)c1. The molecular weight excluding hydrogens is 427 g/mol. The first-order valence-corrected chi connectivity index (χ1v) is 10.6. The Kier molecular flexibility index (Phi) is 6.92. The number of carbonyl (C=O) groups excluding carboxylic acids is 2. The maximum absolute atomic E-state index is 12.7. The molecule has 0 radical (unpaired) electrons. The maximum Gasteiger partial charge on any atom is 0.337 e. The summed E-state index contributed by atoms with van der Waals surface area (Å²) in [6.07, 6.45) is 0.976. The first-order chi connectivity index (χ1) is 13.0. The zero-order valence-corrected chi connectivity index (χ0v) is 17.6. The summed E-state index contributed by atoms with van der Waals surface area (Å²) in [7, 11) is -2.59. The molecule has 0 aromatic heterocycles. The van der Waals surface area contributed by atoms with Crippen LogP contribution in [0.25, 0.3) is 0 Å². The van der Waals surface area contributed by atoms with E-state index in [2.05, 4.69) is 10.1 Å². The van der Waals surface area contributed by atoms with Gasteiger partial charge in [0.15, 0.2) is 0 Å². The van der Waals surface area contributed by atoms with Crippen molar-refractivity contribution in [2.45, 2.75) is 13.0 Å². The highest BCUT2D eigenvalue weighted by Crippen LogP contribution is 2.29. The number of nitrogens with zero attached hydrogens (tertiary/aromatic N) is 1. The molecule has 0 spiro atoms. The number of halogens is 2. The number of ether oxygens (including phenoxy) is 1. The fraction of sp³-hybridized carbons (Fsp3) is 0.222. The quantitative estimate of drug-likeness (QED) is 0.687. The molecule has 2 rings (SSSR count). The molecule has 10 heteroatoms. The van der Waals surface area contributed by atoms with E-state index in [4.69, 9.17) is 23.2 Å². The van der Waals surface area contributed by atoms with Crippen LogP contribution in [-0.2, 0) is 19.6 Å². The lowest BCUT2D eigenvalue weighted by Gasteiger charge is -2.28. The Morgan fingerprint density at radius 1 is 1.11 bits per heavy atom. The van der Waals surface area contributed by atoms with Crippen molar-refractivity contribution in [3.63, 3.8) is 0 Å². The molecule has 150 valence electrons. The zero-order chi connectivity index (χ0) is 21.1. The van der Waals surface area contributed by atoms with E-state index in [1.54, 1.807) is 12.1 Å². The topological polar surface area (TPSA) is 92.8 Å². The molecule has 0 bridgehead atoms. The molecule has 0 saturated carbocycles. The van der Waals surface area contributed by atoms with E-state index in [9.17, 15) is 18.0 Å². The number of sulfonamides is 1. The summed E-state index contributed by atoms with van der Waals surface area (Å²) >= 11 is 11.9. The predicted molar refractivity (Wildman–Crippen MR) is 110 cm³/mol. The van der Waals surface area contributed by atoms with Gasteiger partial charge >= 0.3 is 5.97 Å². The van der Waals surface area contributed by atoms with E-state index in [-0.39, 0.29) is 21.3 Å². The summed E-state index contributed by atoms with van der Waals surface area (Å²) in [6.45, 7) is 1.43. The molecule has 0 unspecified atom stereocenters. The van der Waals surface area contributed by atoms with E-state index in [1.807, 2.05) is 0 Å². The molecule has 0 saturated heterocycles. The van der Waals surface area contributed by atoms with Gasteiger partial charge in [0.05, 0.1) is 24.6 Å². The summed E-state index contributed by atoms with van der Waals surface area (Å²) < 4.78 is 30.2. The van der Waals surface area contributed by atoms with Crippen molar-refractivity contribution in [2.24, 2.45) is 0 Å². The Balaban J connectivity index is 2.33. The predicted octanol–water partition coefficient (Wildman–Crippen LogP) is 3.57. The number of carbonyl (C=O) groups is 2. The minimum absolute atomic E-state index is 0.158. The van der Waals surface area contributed by atoms with Gasteiger partial charge in [-0.05, 0) is 43.3 Å². The van der Waals surface area contributed by atoms with Gasteiger partial charge in [-0.1, -0.05) is 29.3 Å². The van der Waals surface area contributed by atoms with Gasteiger partial charge in [0.1, 0.15) is 6.04 Å². The standard InChI is InChI=1S/C18H18Cl2N2O5S/c1-11(17(23)21-15-6-4-5-12(7-15)18(24)27-2)22(28(3,25)26)16-9-13(19)8-14(20)10-16/h4-11H,1-3H3,(H,21,23)/t11-/m0/s1. The summed E-state index contributed by atoms with van der Waals surface area (Å²) in [5, 5.41) is 3.06. The Morgan fingerprint density at radius 3 is 2.25 bits per heavy atom. The van der Waals surface area contributed by atoms with Crippen LogP contribution in [0.5, 0.6) is 0 Å². The molecule has 2 aromatic rings. The van der Waals surface area contributed by atoms with Gasteiger partial charge in [0, 0.05) is 15.7 Å². The van der Waals surface area contributed by atoms with Gasteiger partial charge < -0.3 is 10.1 Å². The highest BCUT2D eigenvalue weighted by Gasteiger charge is 2.29. The lowest BCUT2D eigenvalue weighted by molar-refractivity contribution is -0.116. The van der Waals surface area contributed by atoms with Crippen LogP contribution in [-0.4, -0.2) is 39.7 Å². The molecule has 0 heterocycles. The van der Waals surface area contributed by atoms with E-state index in [0.717, 1.165) is 10.6 Å². The second-order valence-corrected chi connectivity index (χ2v) is 8.66. The van der Waals surface area contributed by atoms with Crippen molar-refractivity contribution >= 4 is 56.5 Å². The molecule has 0 fully saturated rings. The maximum atomic E-state index is 12.7. The van der Waals surface area contributed by atoms with Gasteiger partial charge in [-0.3, -0.25) is 9.10 Å². The molecule has 0 aliphatic carbocycles. The number of rotatable bonds is 6. The van der Waals surface area contributed by atoms with Gasteiger partial charge in [0.2, 0.25) is 15.9 Å². The lowest BCUT2D eigenvalue weighted by Crippen LogP contribution is -2.45. The van der Waals surface area contributed by atoms with E-state index >= 15 is 0 Å². The minimum Gasteiger partial charge on any atom is -0.465 e. The number of benzene rings is 2. The fourth-order valence-corrected chi connectivity index (χ4v) is 4.24. The third-order valence-electron chi connectivity index (χ3n) is 3.74. The smallest absolute Gasteiger partial charge is 0.337 e. The summed E-state index contributed by atoms with van der Waals surface area (Å²) in [6, 6.07) is 9.23. The monoisotopic (exact) mass is 444 g/mol. The summed E-state index contributed by atoms with van der Waals surface area (Å²) in [4.78, 5) is 24.3. The van der Waals surface area contributed by atoms with Crippen LogP contribution in [0.2, 0.25) is 10.0 Å². The zero-order valence-electron chi connectivity index (χ0n) is 15.3. The first-order valence-electron chi connectivity index (χ1n) is 7.97. The molecule has 1 amide bonds. The van der Waals surface area contributed by atoms with Crippen molar-refractivity contribution in [2.75, 3.05) is 23.0 Å². The third kappa shape index (κ3) is 5.37. The molecule has 1 atom stereocenters.